The third kappa shape index (κ3) is 3.47. The molecule has 1 aromatic heterocycles. The molecule has 0 fully saturated rings. The number of anilines is 1. The molecule has 0 atom stereocenters. The number of rotatable bonds is 2. The van der Waals surface area contributed by atoms with Gasteiger partial charge in [0.25, 0.3) is 5.91 Å². The highest BCUT2D eigenvalue weighted by molar-refractivity contribution is 9.10. The number of aromatic nitrogens is 1. The molecule has 1 heterocycles. The van der Waals surface area contributed by atoms with Crippen molar-refractivity contribution >= 4 is 50.7 Å². The van der Waals surface area contributed by atoms with Gasteiger partial charge in [0.2, 0.25) is 0 Å². The molecular formula is C13H9BrCl2N2O. The zero-order valence-electron chi connectivity index (χ0n) is 9.88. The molecule has 0 saturated heterocycles. The van der Waals surface area contributed by atoms with E-state index >= 15 is 0 Å². The van der Waals surface area contributed by atoms with Gasteiger partial charge in [0.1, 0.15) is 5.15 Å². The average molecular weight is 360 g/mol. The maximum absolute atomic E-state index is 12.1. The monoisotopic (exact) mass is 358 g/mol. The first-order valence-corrected chi connectivity index (χ1v) is 6.91. The quantitative estimate of drug-likeness (QED) is 0.789. The lowest BCUT2D eigenvalue weighted by molar-refractivity contribution is 0.102. The Balaban J connectivity index is 2.25. The lowest BCUT2D eigenvalue weighted by atomic mass is 10.2. The zero-order valence-corrected chi connectivity index (χ0v) is 13.0. The molecule has 0 saturated carbocycles. The predicted octanol–water partition coefficient (Wildman–Crippen LogP) is 4.71. The molecule has 0 aliphatic heterocycles. The summed E-state index contributed by atoms with van der Waals surface area (Å²) < 4.78 is 0.982. The van der Waals surface area contributed by atoms with Crippen molar-refractivity contribution in [3.63, 3.8) is 0 Å². The van der Waals surface area contributed by atoms with Gasteiger partial charge in [-0.05, 0) is 36.8 Å². The van der Waals surface area contributed by atoms with Gasteiger partial charge in [-0.25, -0.2) is 4.98 Å². The second-order valence-corrected chi connectivity index (χ2v) is 5.55. The lowest BCUT2D eigenvalue weighted by Crippen LogP contribution is -2.12. The van der Waals surface area contributed by atoms with Crippen molar-refractivity contribution in [1.82, 2.24) is 4.98 Å². The third-order valence-electron chi connectivity index (χ3n) is 2.48. The molecule has 0 aliphatic rings. The van der Waals surface area contributed by atoms with Crippen molar-refractivity contribution in [2.45, 2.75) is 6.92 Å². The molecule has 0 radical (unpaired) electrons. The van der Waals surface area contributed by atoms with Crippen LogP contribution >= 0.6 is 39.1 Å². The van der Waals surface area contributed by atoms with Crippen LogP contribution in [-0.4, -0.2) is 10.9 Å². The van der Waals surface area contributed by atoms with Crippen LogP contribution in [0.2, 0.25) is 10.2 Å². The Kier molecular flexibility index (Phi) is 4.45. The second-order valence-electron chi connectivity index (χ2n) is 3.90. The normalized spacial score (nSPS) is 10.3. The summed E-state index contributed by atoms with van der Waals surface area (Å²) in [4.78, 5) is 15.9. The van der Waals surface area contributed by atoms with E-state index in [1.54, 1.807) is 6.07 Å². The minimum Gasteiger partial charge on any atom is -0.322 e. The van der Waals surface area contributed by atoms with E-state index in [0.29, 0.717) is 11.3 Å². The number of nitrogens with zero attached hydrogens (tertiary/aromatic N) is 1. The van der Waals surface area contributed by atoms with Gasteiger partial charge in [-0.2, -0.15) is 0 Å². The van der Waals surface area contributed by atoms with Gasteiger partial charge in [0, 0.05) is 16.4 Å². The fourth-order valence-corrected chi connectivity index (χ4v) is 2.10. The standard InChI is InChI=1S/C13H9BrCl2N2O/c1-7-4-8(2-3-10(7)14)18-13(19)9-5-12(16)17-6-11(9)15/h2-6H,1H3,(H,18,19). The minimum atomic E-state index is -0.323. The Labute approximate surface area is 129 Å². The van der Waals surface area contributed by atoms with Crippen LogP contribution in [0.5, 0.6) is 0 Å². The van der Waals surface area contributed by atoms with E-state index in [-0.39, 0.29) is 16.1 Å². The van der Waals surface area contributed by atoms with E-state index in [2.05, 4.69) is 26.2 Å². The number of pyridine rings is 1. The van der Waals surface area contributed by atoms with Gasteiger partial charge in [-0.15, -0.1) is 0 Å². The first kappa shape index (κ1) is 14.3. The van der Waals surface area contributed by atoms with Gasteiger partial charge in [0.15, 0.2) is 0 Å². The zero-order chi connectivity index (χ0) is 14.0. The predicted molar refractivity (Wildman–Crippen MR) is 81.1 cm³/mol. The maximum atomic E-state index is 12.1. The average Bonchev–Trinajstić information content (AvgIpc) is 2.36. The first-order valence-electron chi connectivity index (χ1n) is 5.36. The van der Waals surface area contributed by atoms with Crippen LogP contribution in [0.15, 0.2) is 34.9 Å². The molecule has 0 aliphatic carbocycles. The Morgan fingerprint density at radius 1 is 1.32 bits per heavy atom. The van der Waals surface area contributed by atoms with E-state index in [0.717, 1.165) is 10.0 Å². The summed E-state index contributed by atoms with van der Waals surface area (Å²) in [6, 6.07) is 6.96. The number of benzene rings is 1. The number of halogens is 3. The fraction of sp³-hybridized carbons (Fsp3) is 0.0769. The van der Waals surface area contributed by atoms with Crippen LogP contribution in [0.4, 0.5) is 5.69 Å². The fourth-order valence-electron chi connectivity index (χ4n) is 1.51. The van der Waals surface area contributed by atoms with E-state index in [1.165, 1.54) is 12.3 Å². The van der Waals surface area contributed by atoms with Crippen molar-refractivity contribution in [3.05, 3.63) is 56.2 Å². The summed E-state index contributed by atoms with van der Waals surface area (Å²) in [7, 11) is 0. The number of aryl methyl sites for hydroxylation is 1. The minimum absolute atomic E-state index is 0.224. The van der Waals surface area contributed by atoms with Gasteiger partial charge >= 0.3 is 0 Å². The van der Waals surface area contributed by atoms with Crippen molar-refractivity contribution in [2.24, 2.45) is 0 Å². The van der Waals surface area contributed by atoms with Crippen LogP contribution in [0.1, 0.15) is 15.9 Å². The summed E-state index contributed by atoms with van der Waals surface area (Å²) in [5.74, 6) is -0.323. The molecule has 3 nitrogen and oxygen atoms in total. The van der Waals surface area contributed by atoms with E-state index in [4.69, 9.17) is 23.2 Å². The van der Waals surface area contributed by atoms with Crippen LogP contribution in [-0.2, 0) is 0 Å². The number of hydrogen-bond acceptors (Lipinski definition) is 2. The van der Waals surface area contributed by atoms with Gasteiger partial charge < -0.3 is 5.32 Å². The Bertz CT molecular complexity index is 647. The molecule has 1 N–H and O–H groups in total. The molecule has 0 bridgehead atoms. The summed E-state index contributed by atoms with van der Waals surface area (Å²) in [6.07, 6.45) is 1.35. The molecule has 1 aromatic carbocycles. The summed E-state index contributed by atoms with van der Waals surface area (Å²) >= 11 is 15.1. The van der Waals surface area contributed by atoms with E-state index < -0.39 is 0 Å². The second kappa shape index (κ2) is 5.90. The molecule has 0 unspecified atom stereocenters. The summed E-state index contributed by atoms with van der Waals surface area (Å²) in [5, 5.41) is 3.25. The van der Waals surface area contributed by atoms with Gasteiger partial charge in [-0.1, -0.05) is 39.1 Å². The van der Waals surface area contributed by atoms with Crippen molar-refractivity contribution in [3.8, 4) is 0 Å². The maximum Gasteiger partial charge on any atom is 0.257 e. The van der Waals surface area contributed by atoms with Gasteiger partial charge in [-0.3, -0.25) is 4.79 Å². The smallest absolute Gasteiger partial charge is 0.257 e. The highest BCUT2D eigenvalue weighted by Gasteiger charge is 2.12. The van der Waals surface area contributed by atoms with Crippen molar-refractivity contribution in [2.75, 3.05) is 5.32 Å². The Hall–Kier alpha value is -1.10. The first-order chi connectivity index (χ1) is 8.97. The molecule has 6 heteroatoms. The van der Waals surface area contributed by atoms with Crippen molar-refractivity contribution in [1.29, 1.82) is 0 Å². The lowest BCUT2D eigenvalue weighted by Gasteiger charge is -2.08. The number of carbonyl (C=O) groups is 1. The van der Waals surface area contributed by atoms with Gasteiger partial charge in [0.05, 0.1) is 10.6 Å². The summed E-state index contributed by atoms with van der Waals surface area (Å²) in [5.41, 5.74) is 2.01. The number of nitrogens with one attached hydrogen (secondary N) is 1. The number of hydrogen-bond donors (Lipinski definition) is 1. The van der Waals surface area contributed by atoms with E-state index in [9.17, 15) is 4.79 Å². The van der Waals surface area contributed by atoms with Crippen LogP contribution < -0.4 is 5.32 Å². The largest absolute Gasteiger partial charge is 0.322 e. The molecule has 19 heavy (non-hydrogen) atoms. The molecule has 2 rings (SSSR count). The molecule has 2 aromatic rings. The van der Waals surface area contributed by atoms with Crippen LogP contribution in [0.25, 0.3) is 0 Å². The highest BCUT2D eigenvalue weighted by atomic mass is 79.9. The Morgan fingerprint density at radius 2 is 2.05 bits per heavy atom. The highest BCUT2D eigenvalue weighted by Crippen LogP contribution is 2.22. The summed E-state index contributed by atoms with van der Waals surface area (Å²) in [6.45, 7) is 1.94. The van der Waals surface area contributed by atoms with E-state index in [1.807, 2.05) is 19.1 Å². The molecule has 0 spiro atoms. The van der Waals surface area contributed by atoms with Crippen LogP contribution in [0, 0.1) is 6.92 Å². The SMILES string of the molecule is Cc1cc(NC(=O)c2cc(Cl)ncc2Cl)ccc1Br. The molecular weight excluding hydrogens is 351 g/mol. The molecule has 98 valence electrons. The Morgan fingerprint density at radius 3 is 2.74 bits per heavy atom. The number of carbonyl (C=O) groups excluding carboxylic acids is 1. The van der Waals surface area contributed by atoms with Crippen molar-refractivity contribution < 1.29 is 4.79 Å². The third-order valence-corrected chi connectivity index (χ3v) is 3.88. The topological polar surface area (TPSA) is 42.0 Å². The molecule has 1 amide bonds. The number of amides is 1. The van der Waals surface area contributed by atoms with Crippen LogP contribution in [0.3, 0.4) is 0 Å².